The van der Waals surface area contributed by atoms with Crippen LogP contribution in [0.15, 0.2) is 64.5 Å². The number of sulfonamides is 1. The van der Waals surface area contributed by atoms with E-state index in [2.05, 4.69) is 46.2 Å². The molecule has 0 aliphatic carbocycles. The smallest absolute Gasteiger partial charge is 0.240 e. The third-order valence-corrected chi connectivity index (χ3v) is 5.43. The number of hydrogen-bond donors (Lipinski definition) is 2. The van der Waals surface area contributed by atoms with Gasteiger partial charge in [0.15, 0.2) is 5.96 Å². The molecular weight excluding hydrogens is 360 g/mol. The summed E-state index contributed by atoms with van der Waals surface area (Å²) in [5.74, 6) is 0.747. The zero-order valence-electron chi connectivity index (χ0n) is 16.1. The summed E-state index contributed by atoms with van der Waals surface area (Å²) in [6.07, 6.45) is 0. The zero-order valence-corrected chi connectivity index (χ0v) is 17.0. The monoisotopic (exact) mass is 388 g/mol. The lowest BCUT2D eigenvalue weighted by molar-refractivity contribution is 0.477. The maximum atomic E-state index is 12.2. The molecule has 0 spiro atoms. The van der Waals surface area contributed by atoms with Crippen molar-refractivity contribution in [3.05, 3.63) is 65.7 Å². The molecule has 0 aliphatic rings. The molecule has 27 heavy (non-hydrogen) atoms. The van der Waals surface area contributed by atoms with Crippen LogP contribution in [0.1, 0.15) is 18.1 Å². The van der Waals surface area contributed by atoms with Crippen LogP contribution in [0.5, 0.6) is 0 Å². The molecule has 0 saturated heterocycles. The van der Waals surface area contributed by atoms with Crippen molar-refractivity contribution in [3.63, 3.8) is 0 Å². The fourth-order valence-electron chi connectivity index (χ4n) is 2.54. The molecule has 0 aromatic heterocycles. The third kappa shape index (κ3) is 6.69. The van der Waals surface area contributed by atoms with Gasteiger partial charge in [0.2, 0.25) is 10.0 Å². The van der Waals surface area contributed by atoms with Crippen molar-refractivity contribution in [2.75, 3.05) is 26.7 Å². The van der Waals surface area contributed by atoms with Crippen molar-refractivity contribution >= 4 is 16.0 Å². The maximum Gasteiger partial charge on any atom is 0.240 e. The summed E-state index contributed by atoms with van der Waals surface area (Å²) in [6, 6.07) is 16.7. The topological polar surface area (TPSA) is 73.8 Å². The van der Waals surface area contributed by atoms with E-state index in [9.17, 15) is 8.42 Å². The summed E-state index contributed by atoms with van der Waals surface area (Å²) in [6.45, 7) is 6.13. The Morgan fingerprint density at radius 3 is 2.37 bits per heavy atom. The number of aryl methyl sites for hydroxylation is 1. The fourth-order valence-corrected chi connectivity index (χ4v) is 3.58. The Morgan fingerprint density at radius 1 is 1.07 bits per heavy atom. The normalized spacial score (nSPS) is 12.0. The van der Waals surface area contributed by atoms with Gasteiger partial charge in [-0.15, -0.1) is 0 Å². The van der Waals surface area contributed by atoms with E-state index in [-0.39, 0.29) is 11.4 Å². The maximum absolute atomic E-state index is 12.2. The van der Waals surface area contributed by atoms with E-state index >= 15 is 0 Å². The molecule has 0 saturated carbocycles. The van der Waals surface area contributed by atoms with Crippen LogP contribution in [0.4, 0.5) is 0 Å². The lowest BCUT2D eigenvalue weighted by atomic mass is 10.1. The Bertz CT molecular complexity index is 834. The van der Waals surface area contributed by atoms with Crippen LogP contribution in [-0.2, 0) is 16.6 Å². The van der Waals surface area contributed by atoms with Crippen molar-refractivity contribution in [2.45, 2.75) is 25.3 Å². The average molecular weight is 389 g/mol. The van der Waals surface area contributed by atoms with Crippen LogP contribution in [0.2, 0.25) is 0 Å². The van der Waals surface area contributed by atoms with E-state index in [1.165, 1.54) is 11.1 Å². The van der Waals surface area contributed by atoms with Crippen LogP contribution in [0.3, 0.4) is 0 Å². The predicted octanol–water partition coefficient (Wildman–Crippen LogP) is 2.37. The SMILES string of the molecule is CCNC(=NCCNS(=O)(=O)c1ccccc1)N(C)Cc1ccc(C)cc1. The highest BCUT2D eigenvalue weighted by atomic mass is 32.2. The first kappa shape index (κ1) is 20.9. The van der Waals surface area contributed by atoms with Crippen molar-refractivity contribution in [3.8, 4) is 0 Å². The Hall–Kier alpha value is -2.38. The van der Waals surface area contributed by atoms with Crippen LogP contribution in [0.25, 0.3) is 0 Å². The predicted molar refractivity (Wildman–Crippen MR) is 110 cm³/mol. The van der Waals surface area contributed by atoms with Crippen LogP contribution in [0, 0.1) is 6.92 Å². The van der Waals surface area contributed by atoms with E-state index in [0.29, 0.717) is 6.54 Å². The molecule has 0 radical (unpaired) electrons. The number of rotatable bonds is 8. The number of guanidine groups is 1. The van der Waals surface area contributed by atoms with Gasteiger partial charge in [-0.3, -0.25) is 4.99 Å². The first-order valence-electron chi connectivity index (χ1n) is 9.02. The quantitative estimate of drug-likeness (QED) is 0.414. The molecule has 0 unspecified atom stereocenters. The van der Waals surface area contributed by atoms with Crippen LogP contribution >= 0.6 is 0 Å². The molecule has 0 aliphatic heterocycles. The van der Waals surface area contributed by atoms with Crippen molar-refractivity contribution in [1.29, 1.82) is 0 Å². The van der Waals surface area contributed by atoms with Crippen LogP contribution in [-0.4, -0.2) is 46.0 Å². The fraction of sp³-hybridized carbons (Fsp3) is 0.350. The largest absolute Gasteiger partial charge is 0.357 e. The zero-order chi connectivity index (χ0) is 19.7. The summed E-state index contributed by atoms with van der Waals surface area (Å²) in [5, 5.41) is 3.24. The molecule has 0 fully saturated rings. The molecule has 0 atom stereocenters. The van der Waals surface area contributed by atoms with E-state index in [0.717, 1.165) is 19.0 Å². The molecule has 2 aromatic rings. The molecular formula is C20H28N4O2S. The summed E-state index contributed by atoms with van der Waals surface area (Å²) in [4.78, 5) is 6.82. The number of benzene rings is 2. The van der Waals surface area contributed by atoms with Gasteiger partial charge in [0.05, 0.1) is 11.4 Å². The molecule has 0 bridgehead atoms. The molecule has 6 nitrogen and oxygen atoms in total. The van der Waals surface area contributed by atoms with Gasteiger partial charge in [-0.2, -0.15) is 0 Å². The van der Waals surface area contributed by atoms with Gasteiger partial charge in [-0.1, -0.05) is 48.0 Å². The minimum atomic E-state index is -3.50. The van der Waals surface area contributed by atoms with E-state index in [1.807, 2.05) is 18.9 Å². The second kappa shape index (κ2) is 10.1. The van der Waals surface area contributed by atoms with Gasteiger partial charge in [-0.05, 0) is 31.5 Å². The lowest BCUT2D eigenvalue weighted by Gasteiger charge is -2.22. The third-order valence-electron chi connectivity index (χ3n) is 3.96. The molecule has 2 aromatic carbocycles. The molecule has 0 amide bonds. The van der Waals surface area contributed by atoms with Crippen molar-refractivity contribution in [1.82, 2.24) is 14.9 Å². The van der Waals surface area contributed by atoms with Gasteiger partial charge in [0.25, 0.3) is 0 Å². The number of hydrogen-bond acceptors (Lipinski definition) is 3. The highest BCUT2D eigenvalue weighted by molar-refractivity contribution is 7.89. The number of nitrogens with one attached hydrogen (secondary N) is 2. The molecule has 146 valence electrons. The van der Waals surface area contributed by atoms with Gasteiger partial charge in [-0.25, -0.2) is 13.1 Å². The first-order valence-corrected chi connectivity index (χ1v) is 10.5. The van der Waals surface area contributed by atoms with Gasteiger partial charge >= 0.3 is 0 Å². The Morgan fingerprint density at radius 2 is 1.74 bits per heavy atom. The van der Waals surface area contributed by atoms with E-state index in [4.69, 9.17) is 0 Å². The lowest BCUT2D eigenvalue weighted by Crippen LogP contribution is -2.39. The second-order valence-electron chi connectivity index (χ2n) is 6.29. The summed E-state index contributed by atoms with van der Waals surface area (Å²) in [7, 11) is -1.53. The summed E-state index contributed by atoms with van der Waals surface area (Å²) in [5.41, 5.74) is 2.42. The Labute approximate surface area is 162 Å². The van der Waals surface area contributed by atoms with Gasteiger partial charge < -0.3 is 10.2 Å². The number of aliphatic imine (C=N–C) groups is 1. The summed E-state index contributed by atoms with van der Waals surface area (Å²) >= 11 is 0. The molecule has 0 heterocycles. The van der Waals surface area contributed by atoms with Crippen molar-refractivity contribution in [2.24, 2.45) is 4.99 Å². The summed E-state index contributed by atoms with van der Waals surface area (Å²) < 4.78 is 27.0. The highest BCUT2D eigenvalue weighted by Crippen LogP contribution is 2.07. The van der Waals surface area contributed by atoms with Crippen molar-refractivity contribution < 1.29 is 8.42 Å². The second-order valence-corrected chi connectivity index (χ2v) is 8.06. The minimum absolute atomic E-state index is 0.241. The number of nitrogens with zero attached hydrogens (tertiary/aromatic N) is 2. The highest BCUT2D eigenvalue weighted by Gasteiger charge is 2.12. The molecule has 2 N–H and O–H groups in total. The molecule has 7 heteroatoms. The first-order chi connectivity index (χ1) is 12.9. The van der Waals surface area contributed by atoms with Crippen LogP contribution < -0.4 is 10.0 Å². The average Bonchev–Trinajstić information content (AvgIpc) is 2.66. The standard InChI is InChI=1S/C20H28N4O2S/c1-4-21-20(24(3)16-18-12-10-17(2)11-13-18)22-14-15-23-27(25,26)19-8-6-5-7-9-19/h5-13,23H,4,14-16H2,1-3H3,(H,21,22). The minimum Gasteiger partial charge on any atom is -0.357 e. The molecule has 2 rings (SSSR count). The van der Waals surface area contributed by atoms with E-state index in [1.54, 1.807) is 30.3 Å². The van der Waals surface area contributed by atoms with Gasteiger partial charge in [0.1, 0.15) is 0 Å². The Kier molecular flexibility index (Phi) is 7.82. The van der Waals surface area contributed by atoms with Gasteiger partial charge in [0, 0.05) is 26.7 Å². The van der Waals surface area contributed by atoms with E-state index < -0.39 is 10.0 Å². The Balaban J connectivity index is 1.93.